The van der Waals surface area contributed by atoms with Gasteiger partial charge in [0.05, 0.1) is 29.9 Å². The highest BCUT2D eigenvalue weighted by Crippen LogP contribution is 2.36. The van der Waals surface area contributed by atoms with Crippen molar-refractivity contribution in [3.8, 4) is 0 Å². The zero-order valence-corrected chi connectivity index (χ0v) is 13.7. The summed E-state index contributed by atoms with van der Waals surface area (Å²) in [4.78, 5) is 36.5. The van der Waals surface area contributed by atoms with Crippen LogP contribution in [0, 0.1) is 11.3 Å². The van der Waals surface area contributed by atoms with Crippen molar-refractivity contribution in [2.24, 2.45) is 11.3 Å². The fraction of sp³-hybridized carbons (Fsp3) is 0.389. The van der Waals surface area contributed by atoms with Crippen LogP contribution in [0.25, 0.3) is 0 Å². The van der Waals surface area contributed by atoms with Gasteiger partial charge < -0.3 is 9.47 Å². The number of nitrogens with zero attached hydrogens (tertiary/aromatic N) is 1. The van der Waals surface area contributed by atoms with Crippen LogP contribution < -0.4 is 4.90 Å². The summed E-state index contributed by atoms with van der Waals surface area (Å²) in [5, 5.41) is 0. The Balaban J connectivity index is 1.64. The fourth-order valence-corrected chi connectivity index (χ4v) is 2.64. The van der Waals surface area contributed by atoms with Gasteiger partial charge in [-0.2, -0.15) is 0 Å². The topological polar surface area (TPSA) is 72.9 Å². The summed E-state index contributed by atoms with van der Waals surface area (Å²) in [5.41, 5.74) is 0.706. The highest BCUT2D eigenvalue weighted by molar-refractivity contribution is 6.28. The Morgan fingerprint density at radius 1 is 1.17 bits per heavy atom. The molecule has 6 nitrogen and oxygen atoms in total. The van der Waals surface area contributed by atoms with E-state index < -0.39 is 5.97 Å². The maximum Gasteiger partial charge on any atom is 0.338 e. The molecule has 0 N–H and O–H groups in total. The van der Waals surface area contributed by atoms with Crippen LogP contribution in [0.3, 0.4) is 0 Å². The Morgan fingerprint density at radius 2 is 1.75 bits per heavy atom. The van der Waals surface area contributed by atoms with E-state index in [1.807, 2.05) is 0 Å². The van der Waals surface area contributed by atoms with Crippen molar-refractivity contribution in [2.45, 2.75) is 13.8 Å². The third-order valence-electron chi connectivity index (χ3n) is 4.66. The third-order valence-corrected chi connectivity index (χ3v) is 4.66. The molecule has 0 atom stereocenters. The molecule has 0 aliphatic carbocycles. The van der Waals surface area contributed by atoms with Crippen LogP contribution in [0.2, 0.25) is 0 Å². The predicted molar refractivity (Wildman–Crippen MR) is 86.4 cm³/mol. The molecule has 24 heavy (non-hydrogen) atoms. The first-order valence-electron chi connectivity index (χ1n) is 7.84. The standard InChI is InChI=1S/C18H19NO5/c1-12(2)18(9-23-10-18)11-24-17(22)13-3-5-14(6-4-13)19-15(20)7-8-16(19)21/h3-8,12H,9-11H2,1-2H3. The molecule has 2 heterocycles. The molecule has 1 fully saturated rings. The molecule has 2 amide bonds. The van der Waals surface area contributed by atoms with E-state index in [1.165, 1.54) is 12.2 Å². The SMILES string of the molecule is CC(C)C1(COC(=O)c2ccc(N3C(=O)C=CC3=O)cc2)COC1. The molecule has 2 aliphatic heterocycles. The minimum Gasteiger partial charge on any atom is -0.461 e. The Morgan fingerprint density at radius 3 is 2.21 bits per heavy atom. The normalized spacial score (nSPS) is 18.9. The number of hydrogen-bond donors (Lipinski definition) is 0. The zero-order valence-electron chi connectivity index (χ0n) is 13.7. The van der Waals surface area contributed by atoms with E-state index >= 15 is 0 Å². The number of anilines is 1. The monoisotopic (exact) mass is 329 g/mol. The van der Waals surface area contributed by atoms with Crippen LogP contribution in [0.5, 0.6) is 0 Å². The highest BCUT2D eigenvalue weighted by atomic mass is 16.5. The van der Waals surface area contributed by atoms with E-state index in [2.05, 4.69) is 13.8 Å². The van der Waals surface area contributed by atoms with Crippen molar-refractivity contribution >= 4 is 23.5 Å². The van der Waals surface area contributed by atoms with E-state index in [-0.39, 0.29) is 17.2 Å². The van der Waals surface area contributed by atoms with E-state index in [4.69, 9.17) is 9.47 Å². The highest BCUT2D eigenvalue weighted by Gasteiger charge is 2.43. The van der Waals surface area contributed by atoms with Crippen LogP contribution in [0.15, 0.2) is 36.4 Å². The van der Waals surface area contributed by atoms with Crippen LogP contribution in [0.4, 0.5) is 5.69 Å². The fourth-order valence-electron chi connectivity index (χ4n) is 2.64. The van der Waals surface area contributed by atoms with Gasteiger partial charge >= 0.3 is 5.97 Å². The molecular formula is C18H19NO5. The van der Waals surface area contributed by atoms with E-state index in [0.717, 1.165) is 4.90 Å². The maximum atomic E-state index is 12.2. The molecule has 0 saturated carbocycles. The van der Waals surface area contributed by atoms with Gasteiger partial charge in [-0.3, -0.25) is 9.59 Å². The second kappa shape index (κ2) is 6.20. The lowest BCUT2D eigenvalue weighted by molar-refractivity contribution is -0.162. The molecule has 1 aromatic carbocycles. The van der Waals surface area contributed by atoms with E-state index in [9.17, 15) is 14.4 Å². The molecule has 3 rings (SSSR count). The van der Waals surface area contributed by atoms with Gasteiger partial charge in [-0.25, -0.2) is 9.69 Å². The Labute approximate surface area is 140 Å². The smallest absolute Gasteiger partial charge is 0.338 e. The number of carbonyl (C=O) groups excluding carboxylic acids is 3. The number of benzene rings is 1. The van der Waals surface area contributed by atoms with Gasteiger partial charge in [0, 0.05) is 12.2 Å². The molecule has 1 saturated heterocycles. The summed E-state index contributed by atoms with van der Waals surface area (Å²) >= 11 is 0. The number of carbonyl (C=O) groups is 3. The molecular weight excluding hydrogens is 310 g/mol. The van der Waals surface area contributed by atoms with Crippen LogP contribution >= 0.6 is 0 Å². The lowest BCUT2D eigenvalue weighted by atomic mass is 9.76. The van der Waals surface area contributed by atoms with Gasteiger partial charge in [0.15, 0.2) is 0 Å². The second-order valence-electron chi connectivity index (χ2n) is 6.48. The van der Waals surface area contributed by atoms with Gasteiger partial charge in [0.2, 0.25) is 0 Å². The van der Waals surface area contributed by atoms with Gasteiger partial charge in [-0.15, -0.1) is 0 Å². The first-order valence-corrected chi connectivity index (χ1v) is 7.84. The summed E-state index contributed by atoms with van der Waals surface area (Å²) in [7, 11) is 0. The lowest BCUT2D eigenvalue weighted by Gasteiger charge is -2.44. The Hall–Kier alpha value is -2.47. The molecule has 0 aromatic heterocycles. The molecule has 2 aliphatic rings. The van der Waals surface area contributed by atoms with Crippen molar-refractivity contribution in [3.05, 3.63) is 42.0 Å². The summed E-state index contributed by atoms with van der Waals surface area (Å²) in [6, 6.07) is 6.22. The molecule has 0 radical (unpaired) electrons. The van der Waals surface area contributed by atoms with Gasteiger partial charge in [0.1, 0.15) is 6.61 Å². The average molecular weight is 329 g/mol. The van der Waals surface area contributed by atoms with E-state index in [0.29, 0.717) is 37.0 Å². The zero-order chi connectivity index (χ0) is 17.3. The number of imide groups is 1. The first-order chi connectivity index (χ1) is 11.4. The molecule has 1 aromatic rings. The van der Waals surface area contributed by atoms with E-state index in [1.54, 1.807) is 24.3 Å². The van der Waals surface area contributed by atoms with Gasteiger partial charge in [-0.05, 0) is 30.2 Å². The minimum absolute atomic E-state index is 0.102. The van der Waals surface area contributed by atoms with Crippen molar-refractivity contribution in [1.82, 2.24) is 0 Å². The van der Waals surface area contributed by atoms with Crippen LogP contribution in [-0.4, -0.2) is 37.6 Å². The van der Waals surface area contributed by atoms with Gasteiger partial charge in [-0.1, -0.05) is 13.8 Å². The molecule has 0 unspecified atom stereocenters. The Bertz CT molecular complexity index is 683. The van der Waals surface area contributed by atoms with Crippen LogP contribution in [-0.2, 0) is 19.1 Å². The molecule has 6 heteroatoms. The van der Waals surface area contributed by atoms with Crippen molar-refractivity contribution in [1.29, 1.82) is 0 Å². The Kier molecular flexibility index (Phi) is 4.24. The summed E-state index contributed by atoms with van der Waals surface area (Å²) in [6.07, 6.45) is 2.44. The average Bonchev–Trinajstić information content (AvgIpc) is 2.85. The molecule has 0 bridgehead atoms. The minimum atomic E-state index is -0.425. The lowest BCUT2D eigenvalue weighted by Crippen LogP contribution is -2.50. The number of hydrogen-bond acceptors (Lipinski definition) is 5. The largest absolute Gasteiger partial charge is 0.461 e. The number of rotatable bonds is 5. The summed E-state index contributed by atoms with van der Waals surface area (Å²) in [6.45, 7) is 5.69. The summed E-state index contributed by atoms with van der Waals surface area (Å²) < 4.78 is 10.7. The predicted octanol–water partition coefficient (Wildman–Crippen LogP) is 1.95. The van der Waals surface area contributed by atoms with Crippen molar-refractivity contribution in [2.75, 3.05) is 24.7 Å². The number of amides is 2. The number of ether oxygens (including phenoxy) is 2. The molecule has 0 spiro atoms. The number of esters is 1. The van der Waals surface area contributed by atoms with Gasteiger partial charge in [0.25, 0.3) is 11.8 Å². The van der Waals surface area contributed by atoms with Crippen molar-refractivity contribution in [3.63, 3.8) is 0 Å². The summed E-state index contributed by atoms with van der Waals surface area (Å²) in [5.74, 6) is -0.842. The van der Waals surface area contributed by atoms with Crippen LogP contribution in [0.1, 0.15) is 24.2 Å². The molecule has 126 valence electrons. The maximum absolute atomic E-state index is 12.2. The quantitative estimate of drug-likeness (QED) is 0.610. The first kappa shape index (κ1) is 16.4. The third kappa shape index (κ3) is 2.85. The van der Waals surface area contributed by atoms with Crippen molar-refractivity contribution < 1.29 is 23.9 Å². The second-order valence-corrected chi connectivity index (χ2v) is 6.48.